The van der Waals surface area contributed by atoms with Gasteiger partial charge in [-0.15, -0.1) is 0 Å². The fraction of sp³-hybridized carbons (Fsp3) is 0.800. The van der Waals surface area contributed by atoms with Crippen molar-refractivity contribution in [2.75, 3.05) is 6.54 Å². The lowest BCUT2D eigenvalue weighted by molar-refractivity contribution is -0.159. The number of ether oxygens (including phenoxy) is 2. The highest BCUT2D eigenvalue weighted by Gasteiger charge is 2.45. The molecule has 1 heterocycles. The average molecular weight is 315 g/mol. The molecular formula is C15H25NO6. The van der Waals surface area contributed by atoms with Crippen LogP contribution in [0.5, 0.6) is 0 Å². The molecule has 7 nitrogen and oxygen atoms in total. The predicted molar refractivity (Wildman–Crippen MR) is 78.3 cm³/mol. The summed E-state index contributed by atoms with van der Waals surface area (Å²) >= 11 is 0. The molecule has 1 fully saturated rings. The van der Waals surface area contributed by atoms with Gasteiger partial charge in [0, 0.05) is 6.54 Å². The minimum atomic E-state index is -1.16. The summed E-state index contributed by atoms with van der Waals surface area (Å²) < 4.78 is 10.5. The number of carbonyl (C=O) groups is 3. The molecule has 1 aliphatic rings. The highest BCUT2D eigenvalue weighted by atomic mass is 16.6. The second kappa shape index (κ2) is 6.14. The Morgan fingerprint density at radius 1 is 1.00 bits per heavy atom. The zero-order chi connectivity index (χ0) is 17.3. The average Bonchev–Trinajstić information content (AvgIpc) is 2.68. The molecular weight excluding hydrogens is 290 g/mol. The smallest absolute Gasteiger partial charge is 0.411 e. The van der Waals surface area contributed by atoms with Crippen LogP contribution in [0.4, 0.5) is 4.79 Å². The van der Waals surface area contributed by atoms with Crippen molar-refractivity contribution in [2.45, 2.75) is 65.2 Å². The Kier molecular flexibility index (Phi) is 5.10. The molecule has 22 heavy (non-hydrogen) atoms. The van der Waals surface area contributed by atoms with E-state index in [1.807, 2.05) is 0 Å². The third kappa shape index (κ3) is 5.20. The second-order valence-corrected chi connectivity index (χ2v) is 7.45. The quantitative estimate of drug-likeness (QED) is 0.784. The zero-order valence-electron chi connectivity index (χ0n) is 14.0. The van der Waals surface area contributed by atoms with Crippen molar-refractivity contribution in [2.24, 2.45) is 5.92 Å². The van der Waals surface area contributed by atoms with Crippen molar-refractivity contribution in [1.82, 2.24) is 4.90 Å². The summed E-state index contributed by atoms with van der Waals surface area (Å²) in [5.41, 5.74) is -1.39. The van der Waals surface area contributed by atoms with Gasteiger partial charge in [-0.2, -0.15) is 0 Å². The van der Waals surface area contributed by atoms with E-state index < -0.39 is 41.2 Å². The van der Waals surface area contributed by atoms with Crippen LogP contribution in [0.2, 0.25) is 0 Å². The number of amides is 1. The fourth-order valence-corrected chi connectivity index (χ4v) is 2.15. The molecule has 1 N–H and O–H groups in total. The van der Waals surface area contributed by atoms with Crippen LogP contribution >= 0.6 is 0 Å². The maximum atomic E-state index is 12.1. The Hall–Kier alpha value is -1.79. The lowest BCUT2D eigenvalue weighted by Crippen LogP contribution is -2.43. The van der Waals surface area contributed by atoms with Crippen molar-refractivity contribution in [3.8, 4) is 0 Å². The highest BCUT2D eigenvalue weighted by molar-refractivity contribution is 5.84. The van der Waals surface area contributed by atoms with Gasteiger partial charge in [-0.25, -0.2) is 9.59 Å². The molecule has 0 aromatic carbocycles. The lowest BCUT2D eigenvalue weighted by atomic mass is 10.1. The van der Waals surface area contributed by atoms with Crippen LogP contribution in [-0.4, -0.2) is 51.8 Å². The van der Waals surface area contributed by atoms with Gasteiger partial charge in [-0.1, -0.05) is 0 Å². The lowest BCUT2D eigenvalue weighted by Gasteiger charge is -2.26. The van der Waals surface area contributed by atoms with Gasteiger partial charge in [-0.3, -0.25) is 9.69 Å². The first-order valence-electron chi connectivity index (χ1n) is 7.25. The molecule has 1 amide bonds. The van der Waals surface area contributed by atoms with Gasteiger partial charge in [0.05, 0.1) is 5.92 Å². The van der Waals surface area contributed by atoms with Crippen LogP contribution in [0.1, 0.15) is 48.0 Å². The summed E-state index contributed by atoms with van der Waals surface area (Å²) in [6.45, 7) is 10.3. The van der Waals surface area contributed by atoms with Crippen LogP contribution < -0.4 is 0 Å². The monoisotopic (exact) mass is 315 g/mol. The molecule has 1 rings (SSSR count). The molecule has 7 heteroatoms. The third-order valence-corrected chi connectivity index (χ3v) is 2.95. The zero-order valence-corrected chi connectivity index (χ0v) is 14.0. The normalized spacial score (nSPS) is 22.4. The Bertz CT molecular complexity index is 460. The molecule has 0 aromatic rings. The predicted octanol–water partition coefficient (Wildman–Crippen LogP) is 2.04. The summed E-state index contributed by atoms with van der Waals surface area (Å²) in [4.78, 5) is 36.6. The molecule has 0 bridgehead atoms. The van der Waals surface area contributed by atoms with E-state index in [4.69, 9.17) is 9.47 Å². The number of hydrogen-bond donors (Lipinski definition) is 1. The summed E-state index contributed by atoms with van der Waals surface area (Å²) in [6, 6.07) is -1.08. The maximum absolute atomic E-state index is 12.1. The van der Waals surface area contributed by atoms with Crippen LogP contribution in [0.3, 0.4) is 0 Å². The number of carboxylic acid groups (broad SMARTS) is 1. The summed E-state index contributed by atoms with van der Waals surface area (Å²) in [6.07, 6.45) is -0.699. The van der Waals surface area contributed by atoms with E-state index in [1.165, 1.54) is 0 Å². The molecule has 1 aliphatic heterocycles. The maximum Gasteiger partial charge on any atom is 0.411 e. The number of carbonyl (C=O) groups excluding carboxylic acids is 2. The second-order valence-electron chi connectivity index (χ2n) is 7.45. The van der Waals surface area contributed by atoms with Crippen LogP contribution in [0, 0.1) is 5.92 Å². The SMILES string of the molecule is CC(C)(C)OC(=O)[C@@H]1C[C@@H](C(=O)O)N(C(=O)OC(C)(C)C)C1. The molecule has 0 saturated carbocycles. The van der Waals surface area contributed by atoms with E-state index >= 15 is 0 Å². The van der Waals surface area contributed by atoms with Gasteiger partial charge in [0.1, 0.15) is 17.2 Å². The van der Waals surface area contributed by atoms with E-state index in [0.29, 0.717) is 0 Å². The Morgan fingerprint density at radius 2 is 1.50 bits per heavy atom. The van der Waals surface area contributed by atoms with Crippen LogP contribution in [0.25, 0.3) is 0 Å². The Balaban J connectivity index is 2.83. The minimum absolute atomic E-state index is 0.0131. The first-order valence-corrected chi connectivity index (χ1v) is 7.25. The highest BCUT2D eigenvalue weighted by Crippen LogP contribution is 2.28. The number of aliphatic carboxylic acids is 1. The fourth-order valence-electron chi connectivity index (χ4n) is 2.15. The first kappa shape index (κ1) is 18.3. The van der Waals surface area contributed by atoms with Crippen LogP contribution in [0.15, 0.2) is 0 Å². The molecule has 0 aliphatic carbocycles. The summed E-state index contributed by atoms with van der Waals surface area (Å²) in [5.74, 6) is -2.31. The van der Waals surface area contributed by atoms with Gasteiger partial charge in [0.2, 0.25) is 0 Å². The minimum Gasteiger partial charge on any atom is -0.480 e. The van der Waals surface area contributed by atoms with E-state index in [9.17, 15) is 19.5 Å². The van der Waals surface area contributed by atoms with E-state index in [-0.39, 0.29) is 13.0 Å². The number of hydrogen-bond acceptors (Lipinski definition) is 5. The number of rotatable bonds is 2. The summed E-state index contributed by atoms with van der Waals surface area (Å²) in [5, 5.41) is 9.26. The topological polar surface area (TPSA) is 93.1 Å². The van der Waals surface area contributed by atoms with E-state index in [1.54, 1.807) is 41.5 Å². The van der Waals surface area contributed by atoms with Gasteiger partial charge in [-0.05, 0) is 48.0 Å². The molecule has 0 aromatic heterocycles. The molecule has 2 atom stereocenters. The molecule has 0 unspecified atom stereocenters. The standard InChI is InChI=1S/C15H25NO6/c1-14(2,3)21-12(19)9-7-10(11(17)18)16(8-9)13(20)22-15(4,5)6/h9-10H,7-8H2,1-6H3,(H,17,18)/t9-,10+/m1/s1. The molecule has 0 radical (unpaired) electrons. The molecule has 126 valence electrons. The van der Waals surface area contributed by atoms with E-state index in [2.05, 4.69) is 0 Å². The van der Waals surface area contributed by atoms with Gasteiger partial charge < -0.3 is 14.6 Å². The molecule has 1 saturated heterocycles. The van der Waals surface area contributed by atoms with Crippen molar-refractivity contribution in [1.29, 1.82) is 0 Å². The van der Waals surface area contributed by atoms with Crippen molar-refractivity contribution in [3.05, 3.63) is 0 Å². The third-order valence-electron chi connectivity index (χ3n) is 2.95. The van der Waals surface area contributed by atoms with E-state index in [0.717, 1.165) is 4.90 Å². The largest absolute Gasteiger partial charge is 0.480 e. The number of likely N-dealkylation sites (tertiary alicyclic amines) is 1. The number of esters is 1. The van der Waals surface area contributed by atoms with Gasteiger partial charge in [0.25, 0.3) is 0 Å². The van der Waals surface area contributed by atoms with Crippen LogP contribution in [-0.2, 0) is 19.1 Å². The number of carboxylic acids is 1. The van der Waals surface area contributed by atoms with Gasteiger partial charge >= 0.3 is 18.0 Å². The Morgan fingerprint density at radius 3 is 1.91 bits per heavy atom. The first-order chi connectivity index (χ1) is 9.80. The van der Waals surface area contributed by atoms with Gasteiger partial charge in [0.15, 0.2) is 0 Å². The summed E-state index contributed by atoms with van der Waals surface area (Å²) in [7, 11) is 0. The van der Waals surface area contributed by atoms with Crippen molar-refractivity contribution < 1.29 is 29.0 Å². The Labute approximate surface area is 130 Å². The molecule has 0 spiro atoms. The van der Waals surface area contributed by atoms with Crippen molar-refractivity contribution in [3.63, 3.8) is 0 Å². The van der Waals surface area contributed by atoms with Crippen molar-refractivity contribution >= 4 is 18.0 Å². The number of nitrogens with zero attached hydrogens (tertiary/aromatic N) is 1.